The standard InChI is InChI=1S/C25H28F5N5O3S/c1-23(14-39(37)24(2,22(31)35-23)9-3-4-10-33-39)20-17(26)7-5-15(34-20)11-19(36)18-8-6-16(12-32-18)38-13-25(29,30)21(27)28/h5-8,12,21H,3-4,9-11,13-14H2,1-2H3,(H2,31,35). The quantitative estimate of drug-likeness (QED) is 0.371. The van der Waals surface area contributed by atoms with Crippen LogP contribution in [0.1, 0.15) is 55.0 Å². The van der Waals surface area contributed by atoms with Gasteiger partial charge in [0.05, 0.1) is 28.1 Å². The summed E-state index contributed by atoms with van der Waals surface area (Å²) in [5.41, 5.74) is 4.94. The van der Waals surface area contributed by atoms with E-state index in [0.717, 1.165) is 31.2 Å². The van der Waals surface area contributed by atoms with Crippen LogP contribution in [0, 0.1) is 5.82 Å². The van der Waals surface area contributed by atoms with Crippen molar-refractivity contribution in [2.45, 2.75) is 62.2 Å². The molecule has 2 aromatic rings. The Morgan fingerprint density at radius 1 is 1.21 bits per heavy atom. The molecule has 0 saturated heterocycles. The van der Waals surface area contributed by atoms with Crippen LogP contribution in [-0.2, 0) is 21.7 Å². The van der Waals surface area contributed by atoms with Gasteiger partial charge in [0, 0.05) is 12.2 Å². The second-order valence-electron chi connectivity index (χ2n) is 10.1. The molecule has 0 aliphatic carbocycles. The Morgan fingerprint density at radius 3 is 2.62 bits per heavy atom. The lowest BCUT2D eigenvalue weighted by atomic mass is 9.96. The minimum atomic E-state index is -4.33. The normalized spacial score (nSPS) is 27.2. The van der Waals surface area contributed by atoms with Gasteiger partial charge in [0.15, 0.2) is 12.4 Å². The number of hydrogen-bond donors (Lipinski definition) is 1. The van der Waals surface area contributed by atoms with Crippen LogP contribution in [0.3, 0.4) is 0 Å². The third-order valence-corrected chi connectivity index (χ3v) is 10.4. The number of nitrogens with zero attached hydrogens (tertiary/aromatic N) is 4. The fourth-order valence-corrected chi connectivity index (χ4v) is 7.51. The Hall–Kier alpha value is -3.16. The van der Waals surface area contributed by atoms with Crippen molar-refractivity contribution in [1.29, 1.82) is 0 Å². The number of halogens is 5. The van der Waals surface area contributed by atoms with Gasteiger partial charge < -0.3 is 10.5 Å². The van der Waals surface area contributed by atoms with E-state index < -0.39 is 50.6 Å². The van der Waals surface area contributed by atoms with E-state index in [4.69, 9.17) is 5.73 Å². The third kappa shape index (κ3) is 5.61. The molecule has 4 rings (SSSR count). The Morgan fingerprint density at radius 2 is 1.95 bits per heavy atom. The number of carbonyl (C=O) groups excluding carboxylic acids is 1. The topological polar surface area (TPSA) is 120 Å². The molecule has 0 spiro atoms. The molecule has 4 heterocycles. The predicted molar refractivity (Wildman–Crippen MR) is 134 cm³/mol. The summed E-state index contributed by atoms with van der Waals surface area (Å²) in [6, 6.07) is 4.80. The molecule has 14 heteroatoms. The molecular weight excluding hydrogens is 545 g/mol. The lowest BCUT2D eigenvalue weighted by Gasteiger charge is -2.41. The zero-order valence-electron chi connectivity index (χ0n) is 21.3. The van der Waals surface area contributed by atoms with Gasteiger partial charge in [-0.05, 0) is 57.4 Å². The number of rotatable bonds is 8. The van der Waals surface area contributed by atoms with Gasteiger partial charge >= 0.3 is 12.3 Å². The van der Waals surface area contributed by atoms with Gasteiger partial charge in [-0.25, -0.2) is 26.7 Å². The minimum absolute atomic E-state index is 0.0715. The van der Waals surface area contributed by atoms with Gasteiger partial charge in [0.1, 0.15) is 39.1 Å². The van der Waals surface area contributed by atoms with Crippen LogP contribution >= 0.6 is 0 Å². The number of ketones is 1. The molecule has 3 atom stereocenters. The monoisotopic (exact) mass is 573 g/mol. The van der Waals surface area contributed by atoms with E-state index in [9.17, 15) is 26.6 Å². The number of carbonyl (C=O) groups is 1. The summed E-state index contributed by atoms with van der Waals surface area (Å²) in [6.07, 6.45) is -1.11. The van der Waals surface area contributed by atoms with Crippen LogP contribution in [0.25, 0.3) is 0 Å². The lowest BCUT2D eigenvalue weighted by Crippen LogP contribution is -2.56. The number of aromatic nitrogens is 2. The van der Waals surface area contributed by atoms with Crippen molar-refractivity contribution in [3.05, 3.63) is 53.4 Å². The fourth-order valence-electron chi connectivity index (χ4n) is 4.59. The van der Waals surface area contributed by atoms with Crippen LogP contribution in [0.15, 0.2) is 39.8 Å². The second-order valence-corrected chi connectivity index (χ2v) is 12.8. The first-order chi connectivity index (χ1) is 18.2. The van der Waals surface area contributed by atoms with Crippen molar-refractivity contribution >= 4 is 21.3 Å². The third-order valence-electron chi connectivity index (χ3n) is 6.98. The van der Waals surface area contributed by atoms with E-state index in [1.165, 1.54) is 12.1 Å². The summed E-state index contributed by atoms with van der Waals surface area (Å²) < 4.78 is 87.9. The number of fused-ring (bicyclic) bond motifs is 1. The van der Waals surface area contributed by atoms with Gasteiger partial charge in [0.25, 0.3) is 0 Å². The highest BCUT2D eigenvalue weighted by Crippen LogP contribution is 2.41. The molecule has 39 heavy (non-hydrogen) atoms. The second kappa shape index (κ2) is 10.4. The SMILES string of the molecule is CC1(c2nc(CC(=O)c3ccc(OCC(F)(F)C(F)F)cn3)ccc2F)CS2(=O)=NCCCCC2(C)C(N)=N1. The van der Waals surface area contributed by atoms with Crippen molar-refractivity contribution in [3.8, 4) is 5.75 Å². The maximum atomic E-state index is 15.1. The molecule has 2 aromatic heterocycles. The summed E-state index contributed by atoms with van der Waals surface area (Å²) in [5, 5.41) is 0. The Bertz CT molecular complexity index is 1410. The highest BCUT2D eigenvalue weighted by Gasteiger charge is 2.51. The zero-order chi connectivity index (χ0) is 28.6. The first-order valence-electron chi connectivity index (χ1n) is 12.2. The molecule has 2 aliphatic heterocycles. The maximum Gasteiger partial charge on any atom is 0.340 e. The van der Waals surface area contributed by atoms with E-state index in [0.29, 0.717) is 13.0 Å². The summed E-state index contributed by atoms with van der Waals surface area (Å²) >= 11 is 0. The highest BCUT2D eigenvalue weighted by molar-refractivity contribution is 7.95. The van der Waals surface area contributed by atoms with Crippen molar-refractivity contribution < 1.29 is 35.7 Å². The Labute approximate surface area is 222 Å². The largest absolute Gasteiger partial charge is 0.485 e. The van der Waals surface area contributed by atoms with Gasteiger partial charge in [-0.3, -0.25) is 14.8 Å². The van der Waals surface area contributed by atoms with Crippen molar-refractivity contribution in [2.24, 2.45) is 15.1 Å². The molecule has 8 nitrogen and oxygen atoms in total. The number of ether oxygens (including phenoxy) is 1. The van der Waals surface area contributed by atoms with Gasteiger partial charge in [-0.1, -0.05) is 0 Å². The molecule has 0 fully saturated rings. The number of alkyl halides is 4. The number of Topliss-reactive ketones (excluding diaryl/α,β-unsaturated/α-hetero) is 1. The number of aliphatic imine (C=N–C) groups is 1. The lowest BCUT2D eigenvalue weighted by molar-refractivity contribution is -0.148. The average Bonchev–Trinajstić information content (AvgIpc) is 3.02. The van der Waals surface area contributed by atoms with Gasteiger partial charge in [-0.15, -0.1) is 0 Å². The van der Waals surface area contributed by atoms with Crippen LogP contribution < -0.4 is 10.5 Å². The molecule has 0 aromatic carbocycles. The van der Waals surface area contributed by atoms with Gasteiger partial charge in [0.2, 0.25) is 0 Å². The van der Waals surface area contributed by atoms with E-state index in [-0.39, 0.29) is 40.8 Å². The summed E-state index contributed by atoms with van der Waals surface area (Å²) in [4.78, 5) is 25.5. The number of amidine groups is 1. The van der Waals surface area contributed by atoms with Crippen LogP contribution in [0.4, 0.5) is 22.0 Å². The molecule has 0 saturated carbocycles. The zero-order valence-corrected chi connectivity index (χ0v) is 22.1. The van der Waals surface area contributed by atoms with Gasteiger partial charge in [-0.2, -0.15) is 8.78 Å². The first-order valence-corrected chi connectivity index (χ1v) is 13.9. The molecule has 2 N–H and O–H groups in total. The Balaban J connectivity index is 1.55. The molecule has 212 valence electrons. The summed E-state index contributed by atoms with van der Waals surface area (Å²) in [6.45, 7) is 2.22. The van der Waals surface area contributed by atoms with E-state index in [1.807, 2.05) is 0 Å². The first kappa shape index (κ1) is 28.8. The molecule has 0 radical (unpaired) electrons. The number of hydrogen-bond acceptors (Lipinski definition) is 8. The smallest absolute Gasteiger partial charge is 0.340 e. The average molecular weight is 574 g/mol. The molecule has 0 bridgehead atoms. The van der Waals surface area contributed by atoms with E-state index >= 15 is 4.39 Å². The van der Waals surface area contributed by atoms with Crippen molar-refractivity contribution in [3.63, 3.8) is 0 Å². The number of nitrogens with two attached hydrogens (primary N) is 1. The van der Waals surface area contributed by atoms with Crippen molar-refractivity contribution in [1.82, 2.24) is 9.97 Å². The van der Waals surface area contributed by atoms with E-state index in [1.54, 1.807) is 13.8 Å². The number of pyridine rings is 2. The van der Waals surface area contributed by atoms with E-state index in [2.05, 4.69) is 24.1 Å². The minimum Gasteiger partial charge on any atom is -0.485 e. The Kier molecular flexibility index (Phi) is 7.71. The molecular formula is C25H28F5N5O3S. The van der Waals surface area contributed by atoms with Crippen molar-refractivity contribution in [2.75, 3.05) is 18.9 Å². The van der Waals surface area contributed by atoms with Crippen LogP contribution in [-0.4, -0.2) is 61.8 Å². The fraction of sp³-hybridized carbons (Fsp3) is 0.520. The maximum absolute atomic E-state index is 15.1. The predicted octanol–water partition coefficient (Wildman–Crippen LogP) is 4.32. The molecule has 3 unspecified atom stereocenters. The highest BCUT2D eigenvalue weighted by atomic mass is 32.2. The molecule has 2 aliphatic rings. The van der Waals surface area contributed by atoms with Crippen LogP contribution in [0.2, 0.25) is 0 Å². The summed E-state index contributed by atoms with van der Waals surface area (Å²) in [5.74, 6) is -5.73. The van der Waals surface area contributed by atoms with Crippen LogP contribution in [0.5, 0.6) is 5.75 Å². The molecule has 0 amide bonds. The summed E-state index contributed by atoms with van der Waals surface area (Å²) in [7, 11) is -2.91.